The lowest BCUT2D eigenvalue weighted by atomic mass is 10.1. The van der Waals surface area contributed by atoms with Crippen LogP contribution in [0.15, 0.2) is 18.2 Å². The van der Waals surface area contributed by atoms with Crippen LogP contribution in [0.25, 0.3) is 0 Å². The number of hydrogen-bond donors (Lipinski definition) is 1. The molecule has 1 N–H and O–H groups in total. The monoisotopic (exact) mass is 349 g/mol. The summed E-state index contributed by atoms with van der Waals surface area (Å²) in [4.78, 5) is 16.4. The lowest BCUT2D eigenvalue weighted by Crippen LogP contribution is -2.44. The molecular formula is C19H28FN3O2. The minimum absolute atomic E-state index is 0.0311. The maximum atomic E-state index is 14.6. The highest BCUT2D eigenvalue weighted by Gasteiger charge is 2.21. The van der Waals surface area contributed by atoms with E-state index in [1.54, 1.807) is 6.07 Å². The quantitative estimate of drug-likeness (QED) is 0.886. The van der Waals surface area contributed by atoms with Gasteiger partial charge in [-0.15, -0.1) is 0 Å². The summed E-state index contributed by atoms with van der Waals surface area (Å²) in [6, 6.07) is 5.07. The Morgan fingerprint density at radius 1 is 1.36 bits per heavy atom. The number of carbonyl (C=O) groups excluding carboxylic acids is 1. The summed E-state index contributed by atoms with van der Waals surface area (Å²) in [7, 11) is 2.08. The van der Waals surface area contributed by atoms with Crippen molar-refractivity contribution in [2.75, 3.05) is 44.7 Å². The lowest BCUT2D eigenvalue weighted by Gasteiger charge is -2.34. The van der Waals surface area contributed by atoms with Gasteiger partial charge in [0.05, 0.1) is 24.3 Å². The fraction of sp³-hybridized carbons (Fsp3) is 0.632. The van der Waals surface area contributed by atoms with Crippen molar-refractivity contribution in [2.24, 2.45) is 0 Å². The molecule has 0 spiro atoms. The van der Waals surface area contributed by atoms with E-state index in [0.717, 1.165) is 51.2 Å². The number of amides is 1. The van der Waals surface area contributed by atoms with E-state index in [4.69, 9.17) is 4.74 Å². The molecule has 3 rings (SSSR count). The van der Waals surface area contributed by atoms with Crippen LogP contribution in [0.2, 0.25) is 0 Å². The van der Waals surface area contributed by atoms with Crippen molar-refractivity contribution in [1.29, 1.82) is 0 Å². The molecule has 2 aliphatic rings. The van der Waals surface area contributed by atoms with Crippen LogP contribution in [0, 0.1) is 5.82 Å². The smallest absolute Gasteiger partial charge is 0.223 e. The van der Waals surface area contributed by atoms with E-state index in [-0.39, 0.29) is 23.9 Å². The van der Waals surface area contributed by atoms with Gasteiger partial charge in [0.25, 0.3) is 0 Å². The van der Waals surface area contributed by atoms with Gasteiger partial charge in [0.15, 0.2) is 0 Å². The summed E-state index contributed by atoms with van der Waals surface area (Å²) >= 11 is 0. The number of benzene rings is 1. The SMILES string of the molecule is C[C@@H](NC(=O)C[C@H]1CCCO1)c1ccc(N2CCN(C)CC2)c(F)c1. The summed E-state index contributed by atoms with van der Waals surface area (Å²) < 4.78 is 20.1. The van der Waals surface area contributed by atoms with Gasteiger partial charge < -0.3 is 19.9 Å². The molecule has 2 heterocycles. The molecule has 0 aliphatic carbocycles. The van der Waals surface area contributed by atoms with Gasteiger partial charge in [-0.3, -0.25) is 4.79 Å². The number of piperazine rings is 1. The Hall–Kier alpha value is -1.66. The van der Waals surface area contributed by atoms with E-state index in [1.165, 1.54) is 0 Å². The maximum Gasteiger partial charge on any atom is 0.223 e. The Morgan fingerprint density at radius 2 is 2.12 bits per heavy atom. The molecule has 0 bridgehead atoms. The normalized spacial score (nSPS) is 22.8. The molecule has 6 heteroatoms. The van der Waals surface area contributed by atoms with E-state index in [2.05, 4.69) is 22.2 Å². The number of nitrogens with one attached hydrogen (secondary N) is 1. The minimum atomic E-state index is -0.220. The van der Waals surface area contributed by atoms with Crippen molar-refractivity contribution in [3.8, 4) is 0 Å². The van der Waals surface area contributed by atoms with Crippen molar-refractivity contribution >= 4 is 11.6 Å². The molecule has 1 aromatic carbocycles. The first kappa shape index (κ1) is 18.1. The van der Waals surface area contributed by atoms with Gasteiger partial charge in [-0.1, -0.05) is 6.07 Å². The number of nitrogens with zero attached hydrogens (tertiary/aromatic N) is 2. The van der Waals surface area contributed by atoms with E-state index >= 15 is 0 Å². The lowest BCUT2D eigenvalue weighted by molar-refractivity contribution is -0.123. The Kier molecular flexibility index (Phi) is 5.91. The van der Waals surface area contributed by atoms with E-state index < -0.39 is 0 Å². The van der Waals surface area contributed by atoms with E-state index in [1.807, 2.05) is 19.1 Å². The average molecular weight is 349 g/mol. The number of halogens is 1. The second kappa shape index (κ2) is 8.15. The van der Waals surface area contributed by atoms with E-state index in [0.29, 0.717) is 12.1 Å². The van der Waals surface area contributed by atoms with Crippen molar-refractivity contribution in [3.63, 3.8) is 0 Å². The van der Waals surface area contributed by atoms with Crippen LogP contribution in [-0.2, 0) is 9.53 Å². The molecule has 0 aromatic heterocycles. The third-order valence-electron chi connectivity index (χ3n) is 5.13. The van der Waals surface area contributed by atoms with Crippen molar-refractivity contribution < 1.29 is 13.9 Å². The molecule has 138 valence electrons. The number of carbonyl (C=O) groups is 1. The predicted octanol–water partition coefficient (Wildman–Crippen LogP) is 2.32. The van der Waals surface area contributed by atoms with Gasteiger partial charge in [0.1, 0.15) is 5.82 Å². The molecule has 25 heavy (non-hydrogen) atoms. The van der Waals surface area contributed by atoms with Crippen LogP contribution in [-0.4, -0.2) is 56.7 Å². The number of hydrogen-bond acceptors (Lipinski definition) is 4. The molecular weight excluding hydrogens is 321 g/mol. The van der Waals surface area contributed by atoms with Crippen LogP contribution in [0.1, 0.15) is 37.8 Å². The molecule has 0 unspecified atom stereocenters. The molecule has 0 radical (unpaired) electrons. The first-order valence-electron chi connectivity index (χ1n) is 9.17. The highest BCUT2D eigenvalue weighted by Crippen LogP contribution is 2.25. The molecule has 2 atom stereocenters. The van der Waals surface area contributed by atoms with Crippen molar-refractivity contribution in [1.82, 2.24) is 10.2 Å². The largest absolute Gasteiger partial charge is 0.378 e. The van der Waals surface area contributed by atoms with Gasteiger partial charge in [-0.25, -0.2) is 4.39 Å². The molecule has 2 fully saturated rings. The second-order valence-electron chi connectivity index (χ2n) is 7.13. The standard InChI is InChI=1S/C19H28FN3O2/c1-14(21-19(24)13-16-4-3-11-25-16)15-5-6-18(17(20)12-15)23-9-7-22(2)8-10-23/h5-6,12,14,16H,3-4,7-11,13H2,1-2H3,(H,21,24)/t14-,16-/m1/s1. The fourth-order valence-electron chi connectivity index (χ4n) is 3.49. The third kappa shape index (κ3) is 4.70. The highest BCUT2D eigenvalue weighted by molar-refractivity contribution is 5.77. The van der Waals surface area contributed by atoms with Crippen molar-refractivity contribution in [2.45, 2.75) is 38.3 Å². The van der Waals surface area contributed by atoms with Crippen LogP contribution in [0.5, 0.6) is 0 Å². The number of likely N-dealkylation sites (N-methyl/N-ethyl adjacent to an activating group) is 1. The van der Waals surface area contributed by atoms with E-state index in [9.17, 15) is 9.18 Å². The first-order chi connectivity index (χ1) is 12.0. The first-order valence-corrected chi connectivity index (χ1v) is 9.17. The second-order valence-corrected chi connectivity index (χ2v) is 7.13. The molecule has 5 nitrogen and oxygen atoms in total. The summed E-state index contributed by atoms with van der Waals surface area (Å²) in [5.41, 5.74) is 1.44. The Balaban J connectivity index is 1.58. The summed E-state index contributed by atoms with van der Waals surface area (Å²) in [5, 5.41) is 2.95. The Bertz CT molecular complexity index is 596. The molecule has 2 saturated heterocycles. The van der Waals surface area contributed by atoms with Crippen LogP contribution >= 0.6 is 0 Å². The average Bonchev–Trinajstić information content (AvgIpc) is 3.08. The molecule has 1 aromatic rings. The maximum absolute atomic E-state index is 14.6. The summed E-state index contributed by atoms with van der Waals surface area (Å²) in [6.07, 6.45) is 2.37. The zero-order valence-corrected chi connectivity index (χ0v) is 15.1. The zero-order valence-electron chi connectivity index (χ0n) is 15.1. The zero-order chi connectivity index (χ0) is 17.8. The summed E-state index contributed by atoms with van der Waals surface area (Å²) in [5.74, 6) is -0.259. The van der Waals surface area contributed by atoms with Gasteiger partial charge >= 0.3 is 0 Å². The molecule has 0 saturated carbocycles. The van der Waals surface area contributed by atoms with Gasteiger partial charge in [0, 0.05) is 32.8 Å². The predicted molar refractivity (Wildman–Crippen MR) is 96.3 cm³/mol. The van der Waals surface area contributed by atoms with Gasteiger partial charge in [-0.05, 0) is 44.5 Å². The fourth-order valence-corrected chi connectivity index (χ4v) is 3.49. The third-order valence-corrected chi connectivity index (χ3v) is 5.13. The van der Waals surface area contributed by atoms with Crippen LogP contribution in [0.4, 0.5) is 10.1 Å². The number of ether oxygens (including phenoxy) is 1. The number of anilines is 1. The van der Waals surface area contributed by atoms with Crippen molar-refractivity contribution in [3.05, 3.63) is 29.6 Å². The topological polar surface area (TPSA) is 44.8 Å². The number of rotatable bonds is 5. The minimum Gasteiger partial charge on any atom is -0.378 e. The Labute approximate surface area is 149 Å². The van der Waals surface area contributed by atoms with Crippen LogP contribution in [0.3, 0.4) is 0 Å². The van der Waals surface area contributed by atoms with Crippen LogP contribution < -0.4 is 10.2 Å². The van der Waals surface area contributed by atoms with Gasteiger partial charge in [0.2, 0.25) is 5.91 Å². The highest BCUT2D eigenvalue weighted by atomic mass is 19.1. The van der Waals surface area contributed by atoms with Gasteiger partial charge in [-0.2, -0.15) is 0 Å². The summed E-state index contributed by atoms with van der Waals surface area (Å²) in [6.45, 7) is 6.18. The molecule has 2 aliphatic heterocycles. The molecule has 1 amide bonds. The Morgan fingerprint density at radius 3 is 2.76 bits per heavy atom.